The molecular formula is C67H99ClF3N11O11. The number of halogens is 4. The van der Waals surface area contributed by atoms with Gasteiger partial charge in [0.05, 0.1) is 18.7 Å². The molecule has 1 saturated carbocycles. The molecule has 9 atom stereocenters. The number of aryl methyl sites for hydroxylation is 1. The van der Waals surface area contributed by atoms with Gasteiger partial charge in [-0.3, -0.25) is 52.7 Å². The summed E-state index contributed by atoms with van der Waals surface area (Å²) in [6.45, 7) is 15.1. The molecular weight excluding hydrogens is 1230 g/mol. The maximum absolute atomic E-state index is 15.2. The molecule has 516 valence electrons. The van der Waals surface area contributed by atoms with Gasteiger partial charge in [0, 0.05) is 72.7 Å². The highest BCUT2D eigenvalue weighted by Crippen LogP contribution is 2.34. The van der Waals surface area contributed by atoms with Crippen LogP contribution in [-0.2, 0) is 71.8 Å². The molecule has 93 heavy (non-hydrogen) atoms. The Morgan fingerprint density at radius 1 is 0.613 bits per heavy atom. The van der Waals surface area contributed by atoms with Crippen LogP contribution >= 0.6 is 11.6 Å². The largest absolute Gasteiger partial charge is 0.416 e. The van der Waals surface area contributed by atoms with E-state index < -0.39 is 156 Å². The van der Waals surface area contributed by atoms with Gasteiger partial charge in [-0.05, 0) is 111 Å². The van der Waals surface area contributed by atoms with Crippen LogP contribution < -0.4 is 21.3 Å². The van der Waals surface area contributed by atoms with E-state index in [9.17, 15) is 51.5 Å². The number of hydrogen-bond donors (Lipinski definition) is 4. The Labute approximate surface area is 551 Å². The van der Waals surface area contributed by atoms with E-state index in [1.807, 2.05) is 34.6 Å². The maximum Gasteiger partial charge on any atom is 0.416 e. The molecule has 2 heterocycles. The van der Waals surface area contributed by atoms with Crippen LogP contribution in [0.3, 0.4) is 0 Å². The van der Waals surface area contributed by atoms with Crippen molar-refractivity contribution < 1.29 is 65.9 Å². The monoisotopic (exact) mass is 1330 g/mol. The third-order valence-corrected chi connectivity index (χ3v) is 18.7. The fourth-order valence-electron chi connectivity index (χ4n) is 12.5. The normalized spacial score (nSPS) is 25.4. The molecule has 0 aromatic heterocycles. The molecule has 5 rings (SSSR count). The van der Waals surface area contributed by atoms with Gasteiger partial charge >= 0.3 is 6.18 Å². The Morgan fingerprint density at radius 3 is 1.70 bits per heavy atom. The van der Waals surface area contributed by atoms with Gasteiger partial charge in [0.1, 0.15) is 47.8 Å². The number of hydrogen-bond acceptors (Lipinski definition) is 11. The van der Waals surface area contributed by atoms with Gasteiger partial charge < -0.3 is 55.6 Å². The first-order chi connectivity index (χ1) is 43.4. The van der Waals surface area contributed by atoms with Gasteiger partial charge in [0.15, 0.2) is 0 Å². The van der Waals surface area contributed by atoms with Crippen LogP contribution in [0.25, 0.3) is 0 Å². The third-order valence-electron chi connectivity index (χ3n) is 18.4. The summed E-state index contributed by atoms with van der Waals surface area (Å²) >= 11 is 6.23. The lowest BCUT2D eigenvalue weighted by molar-refractivity contribution is -0.157. The molecule has 2 aliphatic heterocycles. The van der Waals surface area contributed by atoms with Gasteiger partial charge in [-0.1, -0.05) is 111 Å². The fourth-order valence-corrected chi connectivity index (χ4v) is 12.6. The first-order valence-electron chi connectivity index (χ1n) is 32.4. The van der Waals surface area contributed by atoms with Crippen LogP contribution in [0, 0.1) is 23.7 Å². The highest BCUT2D eigenvalue weighted by Gasteiger charge is 2.49. The topological polar surface area (TPSA) is 259 Å². The molecule has 1 aliphatic carbocycles. The molecule has 1 spiro atoms. The molecule has 2 aromatic carbocycles. The Hall–Kier alpha value is -7.31. The molecule has 11 amide bonds. The summed E-state index contributed by atoms with van der Waals surface area (Å²) in [5, 5.41) is 12.0. The zero-order valence-corrected chi connectivity index (χ0v) is 57.5. The van der Waals surface area contributed by atoms with Crippen molar-refractivity contribution in [3.05, 3.63) is 70.2 Å². The summed E-state index contributed by atoms with van der Waals surface area (Å²) in [5.41, 5.74) is -1.47. The third kappa shape index (κ3) is 19.9. The van der Waals surface area contributed by atoms with Crippen molar-refractivity contribution in [1.82, 2.24) is 55.6 Å². The summed E-state index contributed by atoms with van der Waals surface area (Å²) in [7, 11) is 8.40. The predicted octanol–water partition coefficient (Wildman–Crippen LogP) is 5.46. The fraction of sp³-hybridized carbons (Fsp3) is 0.657. The highest BCUT2D eigenvalue weighted by molar-refractivity contribution is 6.30. The smallest absolute Gasteiger partial charge is 0.351 e. The highest BCUT2D eigenvalue weighted by atomic mass is 35.5. The van der Waals surface area contributed by atoms with E-state index in [4.69, 9.17) is 11.6 Å². The minimum Gasteiger partial charge on any atom is -0.351 e. The number of amides is 11. The van der Waals surface area contributed by atoms with Crippen LogP contribution in [0.4, 0.5) is 13.2 Å². The quantitative estimate of drug-likeness (QED) is 0.207. The number of benzene rings is 2. The Morgan fingerprint density at radius 2 is 1.17 bits per heavy atom. The first-order valence-corrected chi connectivity index (χ1v) is 32.8. The summed E-state index contributed by atoms with van der Waals surface area (Å²) < 4.78 is 40.9. The van der Waals surface area contributed by atoms with Gasteiger partial charge in [-0.25, -0.2) is 0 Å². The minimum absolute atomic E-state index is 0.0306. The van der Waals surface area contributed by atoms with Crippen molar-refractivity contribution in [3.63, 3.8) is 0 Å². The predicted molar refractivity (Wildman–Crippen MR) is 345 cm³/mol. The number of alkyl halides is 3. The van der Waals surface area contributed by atoms with Crippen molar-refractivity contribution >= 4 is 76.6 Å². The van der Waals surface area contributed by atoms with Gasteiger partial charge in [-0.15, -0.1) is 0 Å². The Balaban J connectivity index is 1.59. The van der Waals surface area contributed by atoms with Crippen LogP contribution in [0.2, 0.25) is 5.02 Å². The zero-order chi connectivity index (χ0) is 69.7. The lowest BCUT2D eigenvalue weighted by atomic mass is 9.91. The summed E-state index contributed by atoms with van der Waals surface area (Å²) in [6, 6.07) is 1.67. The minimum atomic E-state index is -4.63. The second-order valence-corrected chi connectivity index (χ2v) is 27.5. The summed E-state index contributed by atoms with van der Waals surface area (Å²) in [5.74, 6) is -8.36. The average molecular weight is 1330 g/mol. The molecule has 0 unspecified atom stereocenters. The van der Waals surface area contributed by atoms with Crippen molar-refractivity contribution in [2.24, 2.45) is 23.7 Å². The summed E-state index contributed by atoms with van der Waals surface area (Å²) in [6.07, 6.45) is -2.82. The van der Waals surface area contributed by atoms with Gasteiger partial charge in [-0.2, -0.15) is 13.2 Å². The molecule has 0 radical (unpaired) electrons. The molecule has 2 aromatic rings. The van der Waals surface area contributed by atoms with Crippen molar-refractivity contribution in [2.45, 2.75) is 199 Å². The van der Waals surface area contributed by atoms with Crippen molar-refractivity contribution in [1.29, 1.82) is 0 Å². The van der Waals surface area contributed by atoms with E-state index >= 15 is 14.4 Å². The zero-order valence-electron chi connectivity index (χ0n) is 56.8. The summed E-state index contributed by atoms with van der Waals surface area (Å²) in [4.78, 5) is 169. The molecule has 26 heteroatoms. The number of carbonyl (C=O) groups is 11. The van der Waals surface area contributed by atoms with Crippen LogP contribution in [0.1, 0.15) is 143 Å². The molecule has 3 fully saturated rings. The van der Waals surface area contributed by atoms with E-state index in [1.54, 1.807) is 52.0 Å². The number of carbonyl (C=O) groups excluding carboxylic acids is 11. The number of nitrogens with zero attached hydrogens (tertiary/aromatic N) is 7. The molecule has 0 bridgehead atoms. The van der Waals surface area contributed by atoms with E-state index in [0.29, 0.717) is 35.4 Å². The van der Waals surface area contributed by atoms with Crippen molar-refractivity contribution in [2.75, 3.05) is 61.9 Å². The number of fused-ring (bicyclic) bond motifs is 1. The number of likely N-dealkylation sites (N-methyl/N-ethyl adjacent to an activating group) is 6. The lowest BCUT2D eigenvalue weighted by Crippen LogP contribution is -2.65. The second-order valence-electron chi connectivity index (χ2n) is 27.0. The van der Waals surface area contributed by atoms with Gasteiger partial charge in [0.25, 0.3) is 0 Å². The Kier molecular flexibility index (Phi) is 27.3. The number of nitrogens with one attached hydrogen (secondary N) is 4. The molecule has 2 saturated heterocycles. The van der Waals surface area contributed by atoms with Crippen LogP contribution in [0.15, 0.2) is 48.5 Å². The van der Waals surface area contributed by atoms with E-state index in [-0.39, 0.29) is 76.2 Å². The molecule has 4 N–H and O–H groups in total. The second kappa shape index (κ2) is 33.2. The van der Waals surface area contributed by atoms with Gasteiger partial charge in [0.2, 0.25) is 65.0 Å². The van der Waals surface area contributed by atoms with E-state index in [1.165, 1.54) is 74.0 Å². The van der Waals surface area contributed by atoms with Crippen molar-refractivity contribution in [3.8, 4) is 0 Å². The van der Waals surface area contributed by atoms with E-state index in [2.05, 4.69) is 21.3 Å². The van der Waals surface area contributed by atoms with Crippen LogP contribution in [0.5, 0.6) is 0 Å². The lowest BCUT2D eigenvalue weighted by Gasteiger charge is -2.44. The maximum atomic E-state index is 15.2. The average Bonchev–Trinajstić information content (AvgIpc) is 1.82. The number of rotatable bonds is 12. The molecule has 22 nitrogen and oxygen atoms in total. The Bertz CT molecular complexity index is 3000. The van der Waals surface area contributed by atoms with E-state index in [0.717, 1.165) is 26.8 Å². The van der Waals surface area contributed by atoms with Crippen LogP contribution in [-0.4, -0.2) is 215 Å². The first kappa shape index (κ1) is 76.4. The standard InChI is InChI=1S/C67H99ClF3N11O11/c1-16-42(8)56-64(92)82-32-29-49(82)62(90)77(11)38-55(85)78(12)52(36-45-21-26-47(68)27-22-45)63(91)76(10)37-53(83)73-48(28-23-44-19-24-46(25-20-44)67(69,70)71)61(89)79(13)51(34-40(4)5)59(87)75-66(30-17-18-31-66)65(93)80(14)50(33-39(2)3)58(86)72-43(9)35-54(84)81(15)57(41(6)7)60(88)74-56/h19-22,24-27,39-43,48-52,56-57H,16-18,23,28-38H2,1-15H3,(H,72,86)(H,73,83)(H,74,88)(H,75,87)/t42-,43+,48-,49-,50-,51-,52-,56-,57-/m0/s1. The molecule has 3 aliphatic rings. The SMILES string of the molecule is CC[C@H](C)[C@@H]1NC(=O)[C@H](C(C)C)N(C)C(=O)C[C@@H](C)NC(=O)[C@H](CC(C)C)N(C)C(=O)C2(CCCC2)NC(=O)[C@H](CC(C)C)N(C)C(=O)[C@H](CCc2ccc(C(F)(F)F)cc2)NC(=O)CN(C)C(=O)[C@H](Cc2ccc(Cl)cc2)N(C)C(=O)CN(C)C(=O)[C@@H]2CCN2C1=O.